The number of hydrogen-bond donors (Lipinski definition) is 1. The zero-order valence-electron chi connectivity index (χ0n) is 14.2. The molecule has 0 amide bonds. The average molecular weight is 366 g/mol. The Hall–Kier alpha value is -2.93. The quantitative estimate of drug-likeness (QED) is 0.708. The van der Waals surface area contributed by atoms with Crippen LogP contribution >= 0.6 is 11.3 Å². The third-order valence-electron chi connectivity index (χ3n) is 4.06. The highest BCUT2D eigenvalue weighted by atomic mass is 32.1. The fourth-order valence-corrected chi connectivity index (χ4v) is 3.66. The van der Waals surface area contributed by atoms with Crippen LogP contribution < -0.4 is 5.32 Å². The summed E-state index contributed by atoms with van der Waals surface area (Å²) >= 11 is 1.46. The van der Waals surface area contributed by atoms with Crippen molar-refractivity contribution in [1.82, 2.24) is 9.97 Å². The van der Waals surface area contributed by atoms with Crippen molar-refractivity contribution in [1.29, 1.82) is 0 Å². The summed E-state index contributed by atoms with van der Waals surface area (Å²) in [6.07, 6.45) is 1.96. The molecule has 0 spiro atoms. The highest BCUT2D eigenvalue weighted by molar-refractivity contribution is 7.17. The van der Waals surface area contributed by atoms with Crippen LogP contribution in [0, 0.1) is 12.7 Å². The largest absolute Gasteiger partial charge is 0.325 e. The highest BCUT2D eigenvalue weighted by Crippen LogP contribution is 2.30. The molecule has 0 radical (unpaired) electrons. The number of halogens is 1. The van der Waals surface area contributed by atoms with Gasteiger partial charge in [0, 0.05) is 5.56 Å². The Morgan fingerprint density at radius 1 is 1.19 bits per heavy atom. The molecule has 130 valence electrons. The molecule has 0 unspecified atom stereocenters. The van der Waals surface area contributed by atoms with Crippen LogP contribution in [0.4, 0.5) is 10.2 Å². The average Bonchev–Trinajstić information content (AvgIpc) is 3.21. The fraction of sp³-hybridized carbons (Fsp3) is 0.158. The molecular weight excluding hydrogens is 351 g/mol. The summed E-state index contributed by atoms with van der Waals surface area (Å²) in [7, 11) is 0. The smallest absolute Gasteiger partial charge is 0.230 e. The second-order valence-electron chi connectivity index (χ2n) is 6.15. The molecule has 3 aromatic rings. The number of benzene rings is 1. The lowest BCUT2D eigenvalue weighted by molar-refractivity contribution is 0.103. The second-order valence-corrected chi connectivity index (χ2v) is 7.01. The van der Waals surface area contributed by atoms with Crippen molar-refractivity contribution in [2.75, 3.05) is 11.9 Å². The number of anilines is 1. The van der Waals surface area contributed by atoms with Crippen molar-refractivity contribution in [3.8, 4) is 0 Å². The van der Waals surface area contributed by atoms with E-state index in [1.54, 1.807) is 0 Å². The van der Waals surface area contributed by atoms with Gasteiger partial charge in [-0.3, -0.25) is 9.79 Å². The number of nitrogens with zero attached hydrogens (tertiary/aromatic N) is 3. The lowest BCUT2D eigenvalue weighted by Crippen LogP contribution is -2.13. The molecule has 7 heteroatoms. The molecule has 2 aromatic heterocycles. The monoisotopic (exact) mass is 366 g/mol. The molecule has 0 saturated heterocycles. The summed E-state index contributed by atoms with van der Waals surface area (Å²) < 4.78 is 13.1. The van der Waals surface area contributed by atoms with E-state index in [1.807, 2.05) is 25.3 Å². The van der Waals surface area contributed by atoms with Gasteiger partial charge in [-0.25, -0.2) is 14.4 Å². The Bertz CT molecular complexity index is 1080. The van der Waals surface area contributed by atoms with Crippen LogP contribution in [0.2, 0.25) is 0 Å². The first kappa shape index (κ1) is 16.5. The summed E-state index contributed by atoms with van der Waals surface area (Å²) in [4.78, 5) is 26.7. The van der Waals surface area contributed by atoms with E-state index < -0.39 is 5.82 Å². The van der Waals surface area contributed by atoms with Gasteiger partial charge in [-0.15, -0.1) is 11.3 Å². The fourth-order valence-electron chi connectivity index (χ4n) is 2.74. The van der Waals surface area contributed by atoms with Crippen molar-refractivity contribution in [2.45, 2.75) is 13.8 Å². The van der Waals surface area contributed by atoms with E-state index >= 15 is 0 Å². The van der Waals surface area contributed by atoms with Crippen molar-refractivity contribution in [3.63, 3.8) is 0 Å². The number of hydrogen-bond acceptors (Lipinski definition) is 6. The molecule has 4 rings (SSSR count). The lowest BCUT2D eigenvalue weighted by atomic mass is 10.1. The van der Waals surface area contributed by atoms with E-state index in [0.717, 1.165) is 21.4 Å². The molecule has 0 bridgehead atoms. The number of thiophene rings is 1. The maximum atomic E-state index is 13.1. The Balaban J connectivity index is 1.79. The van der Waals surface area contributed by atoms with Gasteiger partial charge in [0.1, 0.15) is 22.3 Å². The van der Waals surface area contributed by atoms with E-state index in [0.29, 0.717) is 23.8 Å². The zero-order chi connectivity index (χ0) is 18.3. The van der Waals surface area contributed by atoms with Crippen LogP contribution in [0.5, 0.6) is 0 Å². The number of ketones is 1. The van der Waals surface area contributed by atoms with Crippen molar-refractivity contribution in [2.24, 2.45) is 4.99 Å². The van der Waals surface area contributed by atoms with Crippen LogP contribution in [-0.2, 0) is 0 Å². The van der Waals surface area contributed by atoms with E-state index in [1.165, 1.54) is 35.6 Å². The van der Waals surface area contributed by atoms with Gasteiger partial charge in [-0.2, -0.15) is 0 Å². The van der Waals surface area contributed by atoms with Crippen LogP contribution in [0.15, 0.2) is 46.3 Å². The molecule has 1 N–H and O–H groups in total. The van der Waals surface area contributed by atoms with Crippen molar-refractivity contribution < 1.29 is 9.18 Å². The predicted octanol–water partition coefficient (Wildman–Crippen LogP) is 4.14. The Labute approximate surface area is 153 Å². The molecule has 1 aliphatic heterocycles. The summed E-state index contributed by atoms with van der Waals surface area (Å²) in [5.41, 5.74) is 2.54. The maximum absolute atomic E-state index is 13.1. The minimum absolute atomic E-state index is 0.0766. The second kappa shape index (κ2) is 6.42. The van der Waals surface area contributed by atoms with Crippen LogP contribution in [0.1, 0.15) is 28.7 Å². The summed E-state index contributed by atoms with van der Waals surface area (Å²) in [5.74, 6) is 0.613. The lowest BCUT2D eigenvalue weighted by Gasteiger charge is -2.08. The van der Waals surface area contributed by atoms with Gasteiger partial charge in [0.05, 0.1) is 11.9 Å². The number of carbonyl (C=O) groups excluding carboxylic acids is 1. The van der Waals surface area contributed by atoms with E-state index in [-0.39, 0.29) is 11.6 Å². The van der Waals surface area contributed by atoms with Gasteiger partial charge in [-0.05, 0) is 60.7 Å². The standard InChI is InChI=1S/C19H15FN4OS/c1-10-7-14(21-8-10)22-17-15-11(2)9-26-19(15)24-18(23-17)16(25)12-3-5-13(20)6-4-12/h3-7,9H,8H2,1-2H3,(H,21,22,23,24). The normalized spacial score (nSPS) is 13.7. The number of aliphatic imine (C=N–C) groups is 1. The van der Waals surface area contributed by atoms with Gasteiger partial charge in [0.2, 0.25) is 11.6 Å². The molecular formula is C19H15FN4OS. The topological polar surface area (TPSA) is 67.2 Å². The number of fused-ring (bicyclic) bond motifs is 1. The minimum Gasteiger partial charge on any atom is -0.325 e. The number of rotatable bonds is 3. The maximum Gasteiger partial charge on any atom is 0.230 e. The number of aryl methyl sites for hydroxylation is 1. The number of amidine groups is 1. The Morgan fingerprint density at radius 2 is 1.96 bits per heavy atom. The molecule has 0 saturated carbocycles. The van der Waals surface area contributed by atoms with Gasteiger partial charge in [-0.1, -0.05) is 0 Å². The van der Waals surface area contributed by atoms with Crippen LogP contribution in [0.25, 0.3) is 10.2 Å². The summed E-state index contributed by atoms with van der Waals surface area (Å²) in [5, 5.41) is 6.08. The van der Waals surface area contributed by atoms with E-state index in [4.69, 9.17) is 0 Å². The van der Waals surface area contributed by atoms with E-state index in [9.17, 15) is 9.18 Å². The third kappa shape index (κ3) is 3.01. The third-order valence-corrected chi connectivity index (χ3v) is 5.05. The Kier molecular flexibility index (Phi) is 4.08. The molecule has 3 heterocycles. The predicted molar refractivity (Wildman–Crippen MR) is 102 cm³/mol. The number of aromatic nitrogens is 2. The molecule has 1 aliphatic rings. The van der Waals surface area contributed by atoms with Crippen LogP contribution in [-0.4, -0.2) is 28.1 Å². The van der Waals surface area contributed by atoms with Crippen molar-refractivity contribution in [3.05, 3.63) is 64.1 Å². The van der Waals surface area contributed by atoms with Gasteiger partial charge >= 0.3 is 0 Å². The molecule has 0 aliphatic carbocycles. The van der Waals surface area contributed by atoms with Crippen molar-refractivity contribution >= 4 is 39.0 Å². The summed E-state index contributed by atoms with van der Waals surface area (Å²) in [6.45, 7) is 4.64. The first-order valence-electron chi connectivity index (χ1n) is 8.06. The molecule has 0 fully saturated rings. The highest BCUT2D eigenvalue weighted by Gasteiger charge is 2.19. The zero-order valence-corrected chi connectivity index (χ0v) is 15.0. The number of nitrogens with one attached hydrogen (secondary N) is 1. The van der Waals surface area contributed by atoms with Gasteiger partial charge < -0.3 is 5.32 Å². The van der Waals surface area contributed by atoms with Crippen LogP contribution in [0.3, 0.4) is 0 Å². The molecule has 5 nitrogen and oxygen atoms in total. The van der Waals surface area contributed by atoms with Gasteiger partial charge in [0.25, 0.3) is 0 Å². The summed E-state index contributed by atoms with van der Waals surface area (Å²) in [6, 6.07) is 5.37. The SMILES string of the molecule is CC1=CC(Nc2nc(C(=O)c3ccc(F)cc3)nc3scc(C)c23)=NC1. The van der Waals surface area contributed by atoms with Gasteiger partial charge in [0.15, 0.2) is 0 Å². The molecule has 26 heavy (non-hydrogen) atoms. The number of carbonyl (C=O) groups is 1. The van der Waals surface area contributed by atoms with E-state index in [2.05, 4.69) is 20.3 Å². The molecule has 1 aromatic carbocycles. The first-order chi connectivity index (χ1) is 12.5. The Morgan fingerprint density at radius 3 is 2.65 bits per heavy atom. The molecule has 0 atom stereocenters. The minimum atomic E-state index is -0.393. The first-order valence-corrected chi connectivity index (χ1v) is 8.94.